The summed E-state index contributed by atoms with van der Waals surface area (Å²) < 4.78 is 31.5. The number of carbonyl (C=O) groups is 1. The fourth-order valence-corrected chi connectivity index (χ4v) is 4.79. The molecule has 2 nitrogen and oxygen atoms in total. The molecule has 0 atom stereocenters. The Balaban J connectivity index is 1.43. The Morgan fingerprint density at radius 1 is 1.00 bits per heavy atom. The fourth-order valence-electron chi connectivity index (χ4n) is 4.79. The molecular formula is C23H30F2O2. The van der Waals surface area contributed by atoms with Crippen LogP contribution in [0.2, 0.25) is 0 Å². The van der Waals surface area contributed by atoms with E-state index in [0.717, 1.165) is 55.6 Å². The maximum absolute atomic E-state index is 13.3. The lowest BCUT2D eigenvalue weighted by Gasteiger charge is -2.37. The van der Waals surface area contributed by atoms with Gasteiger partial charge in [-0.25, -0.2) is 8.78 Å². The van der Waals surface area contributed by atoms with E-state index in [1.54, 1.807) is 0 Å². The SMILES string of the molecule is CC=CCC1CCC(C2CCC(C(=O)Oc3ccc(F)c(F)c3)CC2)CC1. The molecule has 0 spiro atoms. The van der Waals surface area contributed by atoms with Crippen molar-refractivity contribution in [1.29, 1.82) is 0 Å². The van der Waals surface area contributed by atoms with Gasteiger partial charge in [0, 0.05) is 6.07 Å². The van der Waals surface area contributed by atoms with E-state index in [0.29, 0.717) is 0 Å². The molecule has 4 heteroatoms. The van der Waals surface area contributed by atoms with Crippen molar-refractivity contribution >= 4 is 5.97 Å². The standard InChI is InChI=1S/C23H30F2O2/c1-2-3-4-16-5-7-17(8-6-16)18-9-11-19(12-10-18)23(26)27-20-13-14-21(24)22(25)15-20/h2-3,13-19H,4-12H2,1H3. The van der Waals surface area contributed by atoms with Gasteiger partial charge < -0.3 is 4.74 Å². The van der Waals surface area contributed by atoms with Crippen LogP contribution in [0.15, 0.2) is 30.4 Å². The van der Waals surface area contributed by atoms with Crippen LogP contribution in [0.3, 0.4) is 0 Å². The Kier molecular flexibility index (Phi) is 7.03. The van der Waals surface area contributed by atoms with Crippen molar-refractivity contribution in [2.75, 3.05) is 0 Å². The number of hydrogen-bond acceptors (Lipinski definition) is 2. The lowest BCUT2D eigenvalue weighted by Crippen LogP contribution is -2.30. The van der Waals surface area contributed by atoms with E-state index in [1.807, 2.05) is 0 Å². The second-order valence-corrected chi connectivity index (χ2v) is 8.19. The molecule has 2 aliphatic rings. The minimum absolute atomic E-state index is 0.0838. The highest BCUT2D eigenvalue weighted by molar-refractivity contribution is 5.75. The molecule has 0 aliphatic heterocycles. The molecule has 0 aromatic heterocycles. The molecule has 0 bridgehead atoms. The van der Waals surface area contributed by atoms with Gasteiger partial charge in [-0.3, -0.25) is 4.79 Å². The van der Waals surface area contributed by atoms with Gasteiger partial charge in [0.1, 0.15) is 5.75 Å². The Morgan fingerprint density at radius 3 is 2.22 bits per heavy atom. The minimum atomic E-state index is -0.992. The zero-order valence-corrected chi connectivity index (χ0v) is 16.1. The molecule has 0 heterocycles. The van der Waals surface area contributed by atoms with Crippen LogP contribution in [-0.2, 0) is 4.79 Å². The summed E-state index contributed by atoms with van der Waals surface area (Å²) in [7, 11) is 0. The third-order valence-electron chi connectivity index (χ3n) is 6.48. The molecule has 2 saturated carbocycles. The quantitative estimate of drug-likeness (QED) is 0.335. The van der Waals surface area contributed by atoms with Crippen molar-refractivity contribution in [1.82, 2.24) is 0 Å². The lowest BCUT2D eigenvalue weighted by molar-refractivity contribution is -0.140. The number of carbonyl (C=O) groups excluding carboxylic acids is 1. The van der Waals surface area contributed by atoms with Gasteiger partial charge in [-0.2, -0.15) is 0 Å². The molecule has 0 radical (unpaired) electrons. The molecular weight excluding hydrogens is 346 g/mol. The second-order valence-electron chi connectivity index (χ2n) is 8.19. The zero-order valence-electron chi connectivity index (χ0n) is 16.1. The number of ether oxygens (including phenoxy) is 1. The van der Waals surface area contributed by atoms with E-state index in [1.165, 1.54) is 38.2 Å². The van der Waals surface area contributed by atoms with Crippen LogP contribution < -0.4 is 4.74 Å². The zero-order chi connectivity index (χ0) is 19.2. The van der Waals surface area contributed by atoms with Crippen molar-refractivity contribution in [2.45, 2.75) is 64.7 Å². The van der Waals surface area contributed by atoms with Gasteiger partial charge in [0.05, 0.1) is 5.92 Å². The van der Waals surface area contributed by atoms with Crippen LogP contribution in [0.4, 0.5) is 8.78 Å². The normalized spacial score (nSPS) is 29.0. The number of rotatable bonds is 5. The summed E-state index contributed by atoms with van der Waals surface area (Å²) in [6.07, 6.45) is 14.8. The van der Waals surface area contributed by atoms with Gasteiger partial charge >= 0.3 is 5.97 Å². The maximum atomic E-state index is 13.3. The average molecular weight is 376 g/mol. The summed E-state index contributed by atoms with van der Waals surface area (Å²) in [5, 5.41) is 0. The average Bonchev–Trinajstić information content (AvgIpc) is 2.70. The first kappa shape index (κ1) is 20.0. The summed E-state index contributed by atoms with van der Waals surface area (Å²) in [5.74, 6) is 0.0926. The molecule has 0 unspecified atom stereocenters. The van der Waals surface area contributed by atoms with Crippen molar-refractivity contribution in [3.8, 4) is 5.75 Å². The molecule has 2 aliphatic carbocycles. The molecule has 148 valence electrons. The van der Waals surface area contributed by atoms with Gasteiger partial charge in [0.15, 0.2) is 11.6 Å². The maximum Gasteiger partial charge on any atom is 0.314 e. The minimum Gasteiger partial charge on any atom is -0.426 e. The van der Waals surface area contributed by atoms with E-state index < -0.39 is 11.6 Å². The highest BCUT2D eigenvalue weighted by Gasteiger charge is 2.33. The van der Waals surface area contributed by atoms with E-state index in [2.05, 4.69) is 19.1 Å². The van der Waals surface area contributed by atoms with Crippen molar-refractivity contribution in [3.05, 3.63) is 42.0 Å². The third-order valence-corrected chi connectivity index (χ3v) is 6.48. The van der Waals surface area contributed by atoms with Crippen molar-refractivity contribution < 1.29 is 18.3 Å². The summed E-state index contributed by atoms with van der Waals surface area (Å²) >= 11 is 0. The van der Waals surface area contributed by atoms with Crippen LogP contribution in [0.5, 0.6) is 5.75 Å². The highest BCUT2D eigenvalue weighted by atomic mass is 19.2. The van der Waals surface area contributed by atoms with E-state index in [4.69, 9.17) is 4.74 Å². The first-order valence-electron chi connectivity index (χ1n) is 10.3. The largest absolute Gasteiger partial charge is 0.426 e. The monoisotopic (exact) mass is 376 g/mol. The summed E-state index contributed by atoms with van der Waals surface area (Å²) in [6, 6.07) is 3.22. The molecule has 0 amide bonds. The predicted molar refractivity (Wildman–Crippen MR) is 102 cm³/mol. The second kappa shape index (κ2) is 9.48. The molecule has 0 saturated heterocycles. The van der Waals surface area contributed by atoms with E-state index in [-0.39, 0.29) is 17.6 Å². The molecule has 27 heavy (non-hydrogen) atoms. The summed E-state index contributed by atoms with van der Waals surface area (Å²) in [4.78, 5) is 12.3. The van der Waals surface area contributed by atoms with Crippen LogP contribution in [0, 0.1) is 35.3 Å². The van der Waals surface area contributed by atoms with Crippen molar-refractivity contribution in [3.63, 3.8) is 0 Å². The van der Waals surface area contributed by atoms with E-state index >= 15 is 0 Å². The van der Waals surface area contributed by atoms with Crippen LogP contribution in [0.25, 0.3) is 0 Å². The molecule has 0 N–H and O–H groups in total. The highest BCUT2D eigenvalue weighted by Crippen LogP contribution is 2.42. The first-order valence-corrected chi connectivity index (χ1v) is 10.3. The summed E-state index contributed by atoms with van der Waals surface area (Å²) in [6.45, 7) is 2.08. The van der Waals surface area contributed by atoms with Gasteiger partial charge in [0.2, 0.25) is 0 Å². The molecule has 2 fully saturated rings. The summed E-state index contributed by atoms with van der Waals surface area (Å²) in [5.41, 5.74) is 0. The van der Waals surface area contributed by atoms with Gasteiger partial charge in [-0.1, -0.05) is 12.2 Å². The van der Waals surface area contributed by atoms with Gasteiger partial charge in [0.25, 0.3) is 0 Å². The Bertz CT molecular complexity index is 654. The van der Waals surface area contributed by atoms with Crippen LogP contribution >= 0.6 is 0 Å². The Labute approximate surface area is 161 Å². The Morgan fingerprint density at radius 2 is 1.63 bits per heavy atom. The van der Waals surface area contributed by atoms with E-state index in [9.17, 15) is 13.6 Å². The fraction of sp³-hybridized carbons (Fsp3) is 0.609. The smallest absolute Gasteiger partial charge is 0.314 e. The van der Waals surface area contributed by atoms with Crippen LogP contribution in [-0.4, -0.2) is 5.97 Å². The lowest BCUT2D eigenvalue weighted by atomic mass is 9.69. The molecule has 1 aromatic rings. The van der Waals surface area contributed by atoms with Gasteiger partial charge in [-0.15, -0.1) is 0 Å². The topological polar surface area (TPSA) is 26.3 Å². The number of esters is 1. The Hall–Kier alpha value is -1.71. The number of hydrogen-bond donors (Lipinski definition) is 0. The van der Waals surface area contributed by atoms with Crippen molar-refractivity contribution in [2.24, 2.45) is 23.7 Å². The predicted octanol–water partition coefficient (Wildman–Crippen LogP) is 6.45. The number of allylic oxidation sites excluding steroid dienone is 2. The molecule has 1 aromatic carbocycles. The number of halogens is 2. The van der Waals surface area contributed by atoms with Gasteiger partial charge in [-0.05, 0) is 94.6 Å². The number of benzene rings is 1. The third kappa shape index (κ3) is 5.40. The first-order chi connectivity index (χ1) is 13.1. The van der Waals surface area contributed by atoms with Crippen LogP contribution in [0.1, 0.15) is 64.7 Å². The molecule has 3 rings (SSSR count).